The number of halogens is 3. The van der Waals surface area contributed by atoms with Crippen molar-refractivity contribution in [2.24, 2.45) is 0 Å². The van der Waals surface area contributed by atoms with E-state index < -0.39 is 23.5 Å². The van der Waals surface area contributed by atoms with Crippen LogP contribution in [0.4, 0.5) is 19.0 Å². The standard InChI is InChI=1S/C19H16F3N5O/c20-19(21,22)17-16(27-11-5-4-8-15(27)24-17)18(28)23-14-10-9-13(25-26-14)12-6-2-1-3-7-12/h1-3,6-7,9-10H,4-5,8,11H2,(H,23,26,28). The van der Waals surface area contributed by atoms with E-state index in [1.54, 1.807) is 6.07 Å². The summed E-state index contributed by atoms with van der Waals surface area (Å²) in [5, 5.41) is 10.4. The molecule has 0 spiro atoms. The van der Waals surface area contributed by atoms with Crippen LogP contribution in [-0.2, 0) is 19.1 Å². The van der Waals surface area contributed by atoms with Crippen LogP contribution in [0.25, 0.3) is 11.3 Å². The van der Waals surface area contributed by atoms with E-state index in [2.05, 4.69) is 20.5 Å². The van der Waals surface area contributed by atoms with Gasteiger partial charge >= 0.3 is 6.18 Å². The third-order valence-corrected chi connectivity index (χ3v) is 4.54. The summed E-state index contributed by atoms with van der Waals surface area (Å²) < 4.78 is 41.5. The lowest BCUT2D eigenvalue weighted by Gasteiger charge is -2.16. The van der Waals surface area contributed by atoms with Crippen molar-refractivity contribution in [3.63, 3.8) is 0 Å². The zero-order valence-corrected chi connectivity index (χ0v) is 14.7. The highest BCUT2D eigenvalue weighted by Crippen LogP contribution is 2.34. The number of anilines is 1. The molecule has 0 bridgehead atoms. The van der Waals surface area contributed by atoms with Gasteiger partial charge in [-0.2, -0.15) is 13.2 Å². The van der Waals surface area contributed by atoms with Gasteiger partial charge in [-0.15, -0.1) is 10.2 Å². The normalized spacial score (nSPS) is 13.8. The summed E-state index contributed by atoms with van der Waals surface area (Å²) in [6.07, 6.45) is -2.84. The summed E-state index contributed by atoms with van der Waals surface area (Å²) in [6, 6.07) is 12.5. The van der Waals surface area contributed by atoms with Gasteiger partial charge in [-0.05, 0) is 25.0 Å². The molecule has 1 aliphatic heterocycles. The zero-order valence-electron chi connectivity index (χ0n) is 14.7. The second-order valence-electron chi connectivity index (χ2n) is 6.46. The maximum atomic E-state index is 13.4. The van der Waals surface area contributed by atoms with Gasteiger partial charge < -0.3 is 9.88 Å². The van der Waals surface area contributed by atoms with Crippen molar-refractivity contribution in [1.82, 2.24) is 19.7 Å². The Bertz CT molecular complexity index is 997. The van der Waals surface area contributed by atoms with Gasteiger partial charge in [0.2, 0.25) is 0 Å². The smallest absolute Gasteiger partial charge is 0.323 e. The molecule has 0 radical (unpaired) electrons. The summed E-state index contributed by atoms with van der Waals surface area (Å²) in [7, 11) is 0. The number of carbonyl (C=O) groups is 1. The summed E-state index contributed by atoms with van der Waals surface area (Å²) in [5.74, 6) is -0.534. The van der Waals surface area contributed by atoms with Crippen molar-refractivity contribution in [3.05, 3.63) is 59.7 Å². The van der Waals surface area contributed by atoms with Crippen molar-refractivity contribution in [3.8, 4) is 11.3 Å². The maximum Gasteiger partial charge on any atom is 0.435 e. The van der Waals surface area contributed by atoms with Crippen LogP contribution in [0.15, 0.2) is 42.5 Å². The third kappa shape index (κ3) is 3.47. The molecule has 4 rings (SSSR count). The lowest BCUT2D eigenvalue weighted by atomic mass is 10.1. The number of hydrogen-bond donors (Lipinski definition) is 1. The van der Waals surface area contributed by atoms with Crippen LogP contribution >= 0.6 is 0 Å². The molecule has 0 saturated heterocycles. The van der Waals surface area contributed by atoms with Crippen molar-refractivity contribution in [2.45, 2.75) is 32.0 Å². The van der Waals surface area contributed by atoms with Gasteiger partial charge in [-0.3, -0.25) is 4.79 Å². The highest BCUT2D eigenvalue weighted by atomic mass is 19.4. The SMILES string of the molecule is O=C(Nc1ccc(-c2ccccc2)nn1)c1c(C(F)(F)F)nc2n1CCCC2. The maximum absolute atomic E-state index is 13.4. The summed E-state index contributed by atoms with van der Waals surface area (Å²) in [5.41, 5.74) is -0.194. The predicted octanol–water partition coefficient (Wildman–Crippen LogP) is 3.95. The molecule has 0 fully saturated rings. The second-order valence-corrected chi connectivity index (χ2v) is 6.46. The van der Waals surface area contributed by atoms with Gasteiger partial charge in [-0.25, -0.2) is 4.98 Å². The monoisotopic (exact) mass is 387 g/mol. The lowest BCUT2D eigenvalue weighted by molar-refractivity contribution is -0.141. The molecule has 3 aromatic rings. The summed E-state index contributed by atoms with van der Waals surface area (Å²) in [6.45, 7) is 0.333. The van der Waals surface area contributed by atoms with Gasteiger partial charge in [0.05, 0.1) is 5.69 Å². The average molecular weight is 387 g/mol. The number of alkyl halides is 3. The van der Waals surface area contributed by atoms with E-state index in [0.717, 1.165) is 12.0 Å². The topological polar surface area (TPSA) is 72.7 Å². The van der Waals surface area contributed by atoms with E-state index in [9.17, 15) is 18.0 Å². The van der Waals surface area contributed by atoms with Crippen molar-refractivity contribution in [2.75, 3.05) is 5.32 Å². The Balaban J connectivity index is 1.61. The van der Waals surface area contributed by atoms with Crippen molar-refractivity contribution < 1.29 is 18.0 Å². The molecule has 28 heavy (non-hydrogen) atoms. The van der Waals surface area contributed by atoms with Gasteiger partial charge in [0.15, 0.2) is 11.5 Å². The van der Waals surface area contributed by atoms with Gasteiger partial charge in [0.25, 0.3) is 5.91 Å². The van der Waals surface area contributed by atoms with Crippen LogP contribution < -0.4 is 5.32 Å². The van der Waals surface area contributed by atoms with E-state index in [0.29, 0.717) is 25.1 Å². The molecular weight excluding hydrogens is 371 g/mol. The van der Waals surface area contributed by atoms with Gasteiger partial charge in [0.1, 0.15) is 11.5 Å². The molecule has 1 aliphatic rings. The average Bonchev–Trinajstić information content (AvgIpc) is 3.09. The molecule has 0 saturated carbocycles. The number of aromatic nitrogens is 4. The first-order chi connectivity index (χ1) is 13.4. The molecule has 1 N–H and O–H groups in total. The van der Waals surface area contributed by atoms with E-state index in [1.807, 2.05) is 30.3 Å². The van der Waals surface area contributed by atoms with Crippen LogP contribution in [0, 0.1) is 0 Å². The van der Waals surface area contributed by atoms with Crippen LogP contribution in [-0.4, -0.2) is 25.7 Å². The van der Waals surface area contributed by atoms with E-state index in [-0.39, 0.29) is 11.6 Å². The zero-order chi connectivity index (χ0) is 19.7. The van der Waals surface area contributed by atoms with Crippen molar-refractivity contribution in [1.29, 1.82) is 0 Å². The molecule has 0 aliphatic carbocycles. The quantitative estimate of drug-likeness (QED) is 0.739. The molecule has 144 valence electrons. The first-order valence-corrected chi connectivity index (χ1v) is 8.80. The third-order valence-electron chi connectivity index (χ3n) is 4.54. The minimum atomic E-state index is -4.71. The van der Waals surface area contributed by atoms with Crippen molar-refractivity contribution >= 4 is 11.7 Å². The van der Waals surface area contributed by atoms with Crippen LogP contribution in [0.2, 0.25) is 0 Å². The fourth-order valence-corrected chi connectivity index (χ4v) is 3.25. The first-order valence-electron chi connectivity index (χ1n) is 8.80. The minimum Gasteiger partial charge on any atom is -0.323 e. The molecule has 0 unspecified atom stereocenters. The molecule has 0 atom stereocenters. The Morgan fingerprint density at radius 3 is 2.50 bits per heavy atom. The van der Waals surface area contributed by atoms with Crippen LogP contribution in [0.5, 0.6) is 0 Å². The number of nitrogens with one attached hydrogen (secondary N) is 1. The number of amides is 1. The molecule has 1 aromatic carbocycles. The van der Waals surface area contributed by atoms with Gasteiger partial charge in [-0.1, -0.05) is 30.3 Å². The van der Waals surface area contributed by atoms with E-state index in [4.69, 9.17) is 0 Å². The molecule has 2 aromatic heterocycles. The number of nitrogens with zero attached hydrogens (tertiary/aromatic N) is 4. The number of hydrogen-bond acceptors (Lipinski definition) is 4. The highest BCUT2D eigenvalue weighted by Gasteiger charge is 2.41. The Hall–Kier alpha value is -3.23. The number of aryl methyl sites for hydroxylation is 1. The molecule has 3 heterocycles. The Kier molecular flexibility index (Phi) is 4.58. The Labute approximate surface area is 158 Å². The van der Waals surface area contributed by atoms with Crippen LogP contribution in [0.3, 0.4) is 0 Å². The molecule has 9 heteroatoms. The van der Waals surface area contributed by atoms with Crippen LogP contribution in [0.1, 0.15) is 34.8 Å². The largest absolute Gasteiger partial charge is 0.435 e. The Morgan fingerprint density at radius 1 is 1.04 bits per heavy atom. The predicted molar refractivity (Wildman–Crippen MR) is 95.6 cm³/mol. The summed E-state index contributed by atoms with van der Waals surface area (Å²) >= 11 is 0. The first kappa shape index (κ1) is 18.1. The number of carbonyl (C=O) groups excluding carboxylic acids is 1. The fraction of sp³-hybridized carbons (Fsp3) is 0.263. The number of imidazole rings is 1. The fourth-order valence-electron chi connectivity index (χ4n) is 3.25. The highest BCUT2D eigenvalue weighted by molar-refractivity contribution is 6.03. The van der Waals surface area contributed by atoms with E-state index in [1.165, 1.54) is 10.6 Å². The number of rotatable bonds is 3. The van der Waals surface area contributed by atoms with Gasteiger partial charge in [0, 0.05) is 18.5 Å². The lowest BCUT2D eigenvalue weighted by Crippen LogP contribution is -2.24. The van der Waals surface area contributed by atoms with E-state index >= 15 is 0 Å². The molecular formula is C19H16F3N5O. The molecule has 6 nitrogen and oxygen atoms in total. The molecule has 1 amide bonds. The second kappa shape index (κ2) is 7.06. The summed E-state index contributed by atoms with van der Waals surface area (Å²) in [4.78, 5) is 16.3. The number of benzene rings is 1. The Morgan fingerprint density at radius 2 is 1.82 bits per heavy atom. The number of fused-ring (bicyclic) bond motifs is 1. The minimum absolute atomic E-state index is 0.0733.